The fourth-order valence-electron chi connectivity index (χ4n) is 1.41. The minimum Gasteiger partial charge on any atom is -0.403 e. The first-order chi connectivity index (χ1) is 9.26. The molecule has 0 bridgehead atoms. The van der Waals surface area contributed by atoms with Crippen LogP contribution in [0.4, 0.5) is 22.4 Å². The smallest absolute Gasteiger partial charge is 0.403 e. The summed E-state index contributed by atoms with van der Waals surface area (Å²) in [4.78, 5) is 22.1. The molecule has 1 saturated heterocycles. The summed E-state index contributed by atoms with van der Waals surface area (Å²) >= 11 is 0.528. The number of carbonyl (C=O) groups is 2. The Bertz CT molecular complexity index is 612. The molecule has 4 nitrogen and oxygen atoms in total. The van der Waals surface area contributed by atoms with Gasteiger partial charge >= 0.3 is 6.36 Å². The van der Waals surface area contributed by atoms with Gasteiger partial charge in [0, 0.05) is 5.56 Å². The van der Waals surface area contributed by atoms with Crippen molar-refractivity contribution in [2.24, 2.45) is 0 Å². The maximum absolute atomic E-state index is 13.8. The standard InChI is InChI=1S/C11H5F4NO3S/c12-8-5(4-7-9(17)16-10(18)20-7)2-1-3-6(8)19-11(13,14)15/h1-4H,(H,16,17,18)/b7-4+. The number of benzene rings is 1. The number of carbonyl (C=O) groups excluding carboxylic acids is 2. The molecule has 1 N–H and O–H groups in total. The molecule has 1 heterocycles. The summed E-state index contributed by atoms with van der Waals surface area (Å²) in [5, 5.41) is 1.31. The Morgan fingerprint density at radius 1 is 1.25 bits per heavy atom. The zero-order chi connectivity index (χ0) is 14.9. The average Bonchev–Trinajstić information content (AvgIpc) is 2.61. The van der Waals surface area contributed by atoms with Crippen LogP contribution in [0.3, 0.4) is 0 Å². The average molecular weight is 307 g/mol. The van der Waals surface area contributed by atoms with Crippen LogP contribution in [0.15, 0.2) is 23.1 Å². The van der Waals surface area contributed by atoms with Crippen molar-refractivity contribution in [2.75, 3.05) is 0 Å². The normalized spacial score (nSPS) is 17.5. The van der Waals surface area contributed by atoms with Crippen molar-refractivity contribution in [1.29, 1.82) is 0 Å². The molecular weight excluding hydrogens is 302 g/mol. The van der Waals surface area contributed by atoms with Crippen LogP contribution in [0, 0.1) is 5.82 Å². The van der Waals surface area contributed by atoms with Gasteiger partial charge < -0.3 is 4.74 Å². The number of imide groups is 1. The molecule has 1 aromatic rings. The van der Waals surface area contributed by atoms with Gasteiger partial charge in [-0.15, -0.1) is 13.2 Å². The Morgan fingerprint density at radius 2 is 1.95 bits per heavy atom. The molecule has 0 spiro atoms. The Morgan fingerprint density at radius 3 is 2.50 bits per heavy atom. The highest BCUT2D eigenvalue weighted by molar-refractivity contribution is 8.18. The molecule has 1 aliphatic rings. The second kappa shape index (κ2) is 5.16. The van der Waals surface area contributed by atoms with Crippen LogP contribution >= 0.6 is 11.8 Å². The molecule has 2 rings (SSSR count). The molecule has 9 heteroatoms. The summed E-state index contributed by atoms with van der Waals surface area (Å²) in [6.07, 6.45) is -4.05. The molecule has 0 radical (unpaired) electrons. The van der Waals surface area contributed by atoms with Gasteiger partial charge in [0.2, 0.25) is 0 Å². The van der Waals surface area contributed by atoms with E-state index in [0.29, 0.717) is 11.8 Å². The SMILES string of the molecule is O=C1NC(=O)/C(=C\c2cccc(OC(F)(F)F)c2F)S1. The van der Waals surface area contributed by atoms with Crippen molar-refractivity contribution in [3.05, 3.63) is 34.5 Å². The number of ether oxygens (including phenoxy) is 1. The Labute approximate surface area is 113 Å². The van der Waals surface area contributed by atoms with Crippen molar-refractivity contribution in [3.63, 3.8) is 0 Å². The first kappa shape index (κ1) is 14.4. The van der Waals surface area contributed by atoms with Crippen LogP contribution in [0.5, 0.6) is 5.75 Å². The van der Waals surface area contributed by atoms with Gasteiger partial charge in [0.1, 0.15) is 0 Å². The second-order valence-corrected chi connectivity index (χ2v) is 4.57. The van der Waals surface area contributed by atoms with E-state index in [1.54, 1.807) is 0 Å². The summed E-state index contributed by atoms with van der Waals surface area (Å²) in [5.74, 6) is -3.02. The number of thioether (sulfide) groups is 1. The van der Waals surface area contributed by atoms with Crippen molar-refractivity contribution in [1.82, 2.24) is 5.32 Å². The monoisotopic (exact) mass is 307 g/mol. The summed E-state index contributed by atoms with van der Waals surface area (Å²) in [5.41, 5.74) is -0.292. The van der Waals surface area contributed by atoms with Crippen LogP contribution in [0.2, 0.25) is 0 Å². The summed E-state index contributed by atoms with van der Waals surface area (Å²) in [7, 11) is 0. The third kappa shape index (κ3) is 3.29. The van der Waals surface area contributed by atoms with Crippen molar-refractivity contribution in [3.8, 4) is 5.75 Å². The van der Waals surface area contributed by atoms with Gasteiger partial charge in [0.05, 0.1) is 4.91 Å². The van der Waals surface area contributed by atoms with E-state index >= 15 is 0 Å². The van der Waals surface area contributed by atoms with E-state index in [9.17, 15) is 27.2 Å². The molecule has 0 saturated carbocycles. The van der Waals surface area contributed by atoms with Crippen molar-refractivity contribution < 1.29 is 31.9 Å². The molecule has 1 aromatic carbocycles. The van der Waals surface area contributed by atoms with Crippen LogP contribution in [-0.2, 0) is 4.79 Å². The maximum atomic E-state index is 13.8. The van der Waals surface area contributed by atoms with Gasteiger partial charge in [-0.1, -0.05) is 12.1 Å². The Hall–Kier alpha value is -2.03. The molecule has 1 fully saturated rings. The van der Waals surface area contributed by atoms with Gasteiger partial charge in [0.25, 0.3) is 11.1 Å². The summed E-state index contributed by atoms with van der Waals surface area (Å²) in [6.45, 7) is 0. The predicted molar refractivity (Wildman–Crippen MR) is 62.2 cm³/mol. The number of amides is 2. The highest BCUT2D eigenvalue weighted by atomic mass is 32.2. The van der Waals surface area contributed by atoms with E-state index < -0.39 is 29.1 Å². The molecule has 20 heavy (non-hydrogen) atoms. The summed E-state index contributed by atoms with van der Waals surface area (Å²) in [6, 6.07) is 3.09. The lowest BCUT2D eigenvalue weighted by molar-refractivity contribution is -0.275. The van der Waals surface area contributed by atoms with Crippen LogP contribution < -0.4 is 10.1 Å². The molecule has 2 amide bonds. The number of halogens is 4. The first-order valence-electron chi connectivity index (χ1n) is 5.05. The first-order valence-corrected chi connectivity index (χ1v) is 5.87. The van der Waals surface area contributed by atoms with Gasteiger partial charge in [-0.25, -0.2) is 4.39 Å². The fourth-order valence-corrected chi connectivity index (χ4v) is 2.08. The topological polar surface area (TPSA) is 55.4 Å². The molecule has 0 unspecified atom stereocenters. The van der Waals surface area contributed by atoms with E-state index in [1.165, 1.54) is 0 Å². The lowest BCUT2D eigenvalue weighted by Gasteiger charge is -2.10. The van der Waals surface area contributed by atoms with E-state index in [2.05, 4.69) is 4.74 Å². The number of rotatable bonds is 2. The maximum Gasteiger partial charge on any atom is 0.573 e. The highest BCUT2D eigenvalue weighted by Crippen LogP contribution is 2.31. The number of hydrogen-bond acceptors (Lipinski definition) is 4. The second-order valence-electron chi connectivity index (χ2n) is 3.56. The quantitative estimate of drug-likeness (QED) is 0.674. The zero-order valence-corrected chi connectivity index (χ0v) is 10.3. The van der Waals surface area contributed by atoms with Gasteiger partial charge in [-0.05, 0) is 23.9 Å². The minimum absolute atomic E-state index is 0.113. The van der Waals surface area contributed by atoms with Gasteiger partial charge in [-0.3, -0.25) is 14.9 Å². The molecule has 106 valence electrons. The van der Waals surface area contributed by atoms with Gasteiger partial charge in [0.15, 0.2) is 11.6 Å². The Kier molecular flexibility index (Phi) is 3.71. The van der Waals surface area contributed by atoms with E-state index in [-0.39, 0.29) is 10.5 Å². The van der Waals surface area contributed by atoms with E-state index in [0.717, 1.165) is 24.3 Å². The van der Waals surface area contributed by atoms with E-state index in [4.69, 9.17) is 0 Å². The van der Waals surface area contributed by atoms with Crippen LogP contribution in [-0.4, -0.2) is 17.5 Å². The fraction of sp³-hybridized carbons (Fsp3) is 0.0909. The van der Waals surface area contributed by atoms with Crippen LogP contribution in [0.1, 0.15) is 5.56 Å². The molecular formula is C11H5F4NO3S. The minimum atomic E-state index is -5.03. The lowest BCUT2D eigenvalue weighted by Crippen LogP contribution is -2.18. The number of hydrogen-bond donors (Lipinski definition) is 1. The third-order valence-electron chi connectivity index (χ3n) is 2.15. The van der Waals surface area contributed by atoms with Crippen molar-refractivity contribution in [2.45, 2.75) is 6.36 Å². The molecule has 0 aromatic heterocycles. The van der Waals surface area contributed by atoms with Crippen LogP contribution in [0.25, 0.3) is 6.08 Å². The Balaban J connectivity index is 2.34. The number of alkyl halides is 3. The summed E-state index contributed by atoms with van der Waals surface area (Å²) < 4.78 is 53.5. The van der Waals surface area contributed by atoms with Gasteiger partial charge in [-0.2, -0.15) is 0 Å². The number of nitrogens with one attached hydrogen (secondary N) is 1. The third-order valence-corrected chi connectivity index (χ3v) is 2.96. The van der Waals surface area contributed by atoms with E-state index in [1.807, 2.05) is 5.32 Å². The molecule has 0 atom stereocenters. The van der Waals surface area contributed by atoms with Crippen molar-refractivity contribution >= 4 is 29.0 Å². The largest absolute Gasteiger partial charge is 0.573 e. The molecule has 1 aliphatic heterocycles. The molecule has 0 aliphatic carbocycles. The zero-order valence-electron chi connectivity index (χ0n) is 9.45. The highest BCUT2D eigenvalue weighted by Gasteiger charge is 2.33. The lowest BCUT2D eigenvalue weighted by atomic mass is 10.2. The predicted octanol–water partition coefficient (Wildman–Crippen LogP) is 3.05.